The van der Waals surface area contributed by atoms with Crippen molar-refractivity contribution in [2.75, 3.05) is 39.1 Å². The van der Waals surface area contributed by atoms with Crippen molar-refractivity contribution in [2.24, 2.45) is 0 Å². The molecule has 1 aromatic heterocycles. The lowest BCUT2D eigenvalue weighted by Gasteiger charge is -2.20. The first-order valence-corrected chi connectivity index (χ1v) is 7.46. The van der Waals surface area contributed by atoms with Crippen molar-refractivity contribution in [3.8, 4) is 0 Å². The number of nitrogens with zero attached hydrogens (tertiary/aromatic N) is 3. The molecule has 0 aliphatic carbocycles. The van der Waals surface area contributed by atoms with Gasteiger partial charge in [-0.3, -0.25) is 0 Å². The fourth-order valence-electron chi connectivity index (χ4n) is 2.03. The van der Waals surface area contributed by atoms with Crippen LogP contribution in [0, 0.1) is 6.92 Å². The monoisotopic (exact) mass is 278 g/mol. The molecule has 0 unspecified atom stereocenters. The number of hydrogen-bond donors (Lipinski definition) is 1. The maximum absolute atomic E-state index is 4.72. The molecule has 20 heavy (non-hydrogen) atoms. The van der Waals surface area contributed by atoms with Gasteiger partial charge in [0.2, 0.25) is 0 Å². The van der Waals surface area contributed by atoms with E-state index in [0.29, 0.717) is 6.04 Å². The Bertz CT molecular complexity index is 401. The van der Waals surface area contributed by atoms with Crippen molar-refractivity contribution < 1.29 is 0 Å². The highest BCUT2D eigenvalue weighted by molar-refractivity contribution is 5.40. The normalized spacial score (nSPS) is 11.4. The first kappa shape index (κ1) is 16.9. The third kappa shape index (κ3) is 5.88. The minimum absolute atomic E-state index is 0.503. The molecule has 1 N–H and O–H groups in total. The molecule has 0 fully saturated rings. The van der Waals surface area contributed by atoms with Gasteiger partial charge in [-0.1, -0.05) is 19.9 Å². The van der Waals surface area contributed by atoms with Gasteiger partial charge in [0.1, 0.15) is 5.82 Å². The van der Waals surface area contributed by atoms with Crippen LogP contribution in [0.3, 0.4) is 0 Å². The molecule has 0 aliphatic heterocycles. The molecule has 1 rings (SSSR count). The van der Waals surface area contributed by atoms with Gasteiger partial charge < -0.3 is 15.1 Å². The van der Waals surface area contributed by atoms with Gasteiger partial charge in [0.05, 0.1) is 0 Å². The average Bonchev–Trinajstić information content (AvgIpc) is 2.36. The zero-order chi connectivity index (χ0) is 15.1. The second kappa shape index (κ2) is 8.22. The van der Waals surface area contributed by atoms with Crippen LogP contribution in [0.15, 0.2) is 12.1 Å². The Morgan fingerprint density at radius 3 is 2.40 bits per heavy atom. The van der Waals surface area contributed by atoms with E-state index >= 15 is 0 Å². The summed E-state index contributed by atoms with van der Waals surface area (Å²) in [6.45, 7) is 9.45. The van der Waals surface area contributed by atoms with Crippen LogP contribution in [0.5, 0.6) is 0 Å². The van der Waals surface area contributed by atoms with E-state index in [1.54, 1.807) is 0 Å². The molecule has 0 saturated carbocycles. The summed E-state index contributed by atoms with van der Waals surface area (Å²) in [6, 6.07) is 4.82. The number of pyridine rings is 1. The van der Waals surface area contributed by atoms with Crippen LogP contribution in [-0.2, 0) is 6.54 Å². The smallest absolute Gasteiger partial charge is 0.128 e. The largest absolute Gasteiger partial charge is 0.360 e. The summed E-state index contributed by atoms with van der Waals surface area (Å²) < 4.78 is 0. The highest BCUT2D eigenvalue weighted by Gasteiger charge is 2.06. The predicted octanol–water partition coefficient (Wildman–Crippen LogP) is 2.28. The molecule has 1 aromatic rings. The van der Waals surface area contributed by atoms with Crippen molar-refractivity contribution in [1.82, 2.24) is 15.2 Å². The lowest BCUT2D eigenvalue weighted by molar-refractivity contribution is 0.401. The van der Waals surface area contributed by atoms with Crippen molar-refractivity contribution in [3.05, 3.63) is 23.4 Å². The predicted molar refractivity (Wildman–Crippen MR) is 87.4 cm³/mol. The lowest BCUT2D eigenvalue weighted by atomic mass is 10.2. The molecule has 0 amide bonds. The Labute approximate surface area is 124 Å². The van der Waals surface area contributed by atoms with Gasteiger partial charge in [0, 0.05) is 31.9 Å². The summed E-state index contributed by atoms with van der Waals surface area (Å²) in [6.07, 6.45) is 1.15. The van der Waals surface area contributed by atoms with Crippen LogP contribution < -0.4 is 10.2 Å². The minimum Gasteiger partial charge on any atom is -0.360 e. The standard InChI is InChI=1S/C16H30N4/c1-13(2)17-12-15-8-9-16(18-14(15)3)20(6)11-7-10-19(4)5/h8-9,13,17H,7,10-12H2,1-6H3. The number of rotatable bonds is 8. The second-order valence-electron chi connectivity index (χ2n) is 6.03. The van der Waals surface area contributed by atoms with Crippen molar-refractivity contribution in [2.45, 2.75) is 39.8 Å². The van der Waals surface area contributed by atoms with E-state index in [2.05, 4.69) is 69.2 Å². The number of nitrogens with one attached hydrogen (secondary N) is 1. The topological polar surface area (TPSA) is 31.4 Å². The van der Waals surface area contributed by atoms with E-state index in [-0.39, 0.29) is 0 Å². The Hall–Kier alpha value is -1.13. The van der Waals surface area contributed by atoms with Crippen LogP contribution in [-0.4, -0.2) is 50.2 Å². The van der Waals surface area contributed by atoms with Crippen molar-refractivity contribution in [3.63, 3.8) is 0 Å². The van der Waals surface area contributed by atoms with Crippen LogP contribution in [0.4, 0.5) is 5.82 Å². The number of aromatic nitrogens is 1. The van der Waals surface area contributed by atoms with Crippen molar-refractivity contribution >= 4 is 5.82 Å². The first-order valence-electron chi connectivity index (χ1n) is 7.46. The van der Waals surface area contributed by atoms with E-state index < -0.39 is 0 Å². The van der Waals surface area contributed by atoms with Gasteiger partial charge in [-0.25, -0.2) is 4.98 Å². The Balaban J connectivity index is 2.57. The molecular weight excluding hydrogens is 248 g/mol. The third-order valence-corrected chi connectivity index (χ3v) is 3.37. The molecule has 0 spiro atoms. The number of anilines is 1. The first-order chi connectivity index (χ1) is 9.40. The highest BCUT2D eigenvalue weighted by Crippen LogP contribution is 2.14. The van der Waals surface area contributed by atoms with E-state index in [4.69, 9.17) is 4.98 Å². The van der Waals surface area contributed by atoms with Crippen LogP contribution >= 0.6 is 0 Å². The van der Waals surface area contributed by atoms with Gasteiger partial charge in [-0.05, 0) is 45.6 Å². The summed E-state index contributed by atoms with van der Waals surface area (Å²) in [5.41, 5.74) is 2.40. The fourth-order valence-corrected chi connectivity index (χ4v) is 2.03. The zero-order valence-electron chi connectivity index (χ0n) is 13.9. The van der Waals surface area contributed by atoms with Gasteiger partial charge in [-0.2, -0.15) is 0 Å². The van der Waals surface area contributed by atoms with Crippen LogP contribution in [0.25, 0.3) is 0 Å². The third-order valence-electron chi connectivity index (χ3n) is 3.37. The summed E-state index contributed by atoms with van der Waals surface area (Å²) >= 11 is 0. The van der Waals surface area contributed by atoms with Gasteiger partial charge in [0.15, 0.2) is 0 Å². The lowest BCUT2D eigenvalue weighted by Crippen LogP contribution is -2.25. The Morgan fingerprint density at radius 1 is 1.15 bits per heavy atom. The van der Waals surface area contributed by atoms with Gasteiger partial charge in [0.25, 0.3) is 0 Å². The van der Waals surface area contributed by atoms with Gasteiger partial charge >= 0.3 is 0 Å². The van der Waals surface area contributed by atoms with E-state index in [1.807, 2.05) is 0 Å². The molecule has 4 nitrogen and oxygen atoms in total. The van der Waals surface area contributed by atoms with E-state index in [9.17, 15) is 0 Å². The number of aryl methyl sites for hydroxylation is 1. The SMILES string of the molecule is Cc1nc(N(C)CCCN(C)C)ccc1CNC(C)C. The molecular formula is C16H30N4. The zero-order valence-corrected chi connectivity index (χ0v) is 13.9. The Morgan fingerprint density at radius 2 is 1.85 bits per heavy atom. The number of hydrogen-bond acceptors (Lipinski definition) is 4. The molecule has 1 heterocycles. The molecule has 0 radical (unpaired) electrons. The molecule has 0 saturated heterocycles. The highest BCUT2D eigenvalue weighted by atomic mass is 15.2. The van der Waals surface area contributed by atoms with Crippen LogP contribution in [0.1, 0.15) is 31.5 Å². The fraction of sp³-hybridized carbons (Fsp3) is 0.688. The molecule has 0 atom stereocenters. The van der Waals surface area contributed by atoms with Gasteiger partial charge in [-0.15, -0.1) is 0 Å². The summed E-state index contributed by atoms with van der Waals surface area (Å²) in [7, 11) is 6.33. The summed E-state index contributed by atoms with van der Waals surface area (Å²) in [4.78, 5) is 9.17. The average molecular weight is 278 g/mol. The molecule has 0 aliphatic rings. The molecule has 114 valence electrons. The van der Waals surface area contributed by atoms with Crippen molar-refractivity contribution in [1.29, 1.82) is 0 Å². The van der Waals surface area contributed by atoms with E-state index in [1.165, 1.54) is 5.56 Å². The quantitative estimate of drug-likeness (QED) is 0.790. The summed E-state index contributed by atoms with van der Waals surface area (Å²) in [5, 5.41) is 3.44. The summed E-state index contributed by atoms with van der Waals surface area (Å²) in [5.74, 6) is 1.06. The van der Waals surface area contributed by atoms with Crippen LogP contribution in [0.2, 0.25) is 0 Å². The molecule has 4 heteroatoms. The molecule has 0 aromatic carbocycles. The van der Waals surface area contributed by atoms with E-state index in [0.717, 1.165) is 37.6 Å². The molecule has 0 bridgehead atoms. The second-order valence-corrected chi connectivity index (χ2v) is 6.03. The maximum atomic E-state index is 4.72. The maximum Gasteiger partial charge on any atom is 0.128 e. The Kier molecular flexibility index (Phi) is 6.96. The minimum atomic E-state index is 0.503.